The molecule has 0 saturated heterocycles. The van der Waals surface area contributed by atoms with Crippen LogP contribution in [0.25, 0.3) is 0 Å². The maximum absolute atomic E-state index is 13.2. The smallest absolute Gasteiger partial charge is 0.160 e. The number of hydrogen-bond donors (Lipinski definition) is 1. The van der Waals surface area contributed by atoms with Crippen molar-refractivity contribution in [2.75, 3.05) is 0 Å². The predicted molar refractivity (Wildman–Crippen MR) is 68.4 cm³/mol. The first kappa shape index (κ1) is 13.0. The van der Waals surface area contributed by atoms with Gasteiger partial charge in [0.1, 0.15) is 0 Å². The Bertz CT molecular complexity index is 543. The predicted octanol–water partition coefficient (Wildman–Crippen LogP) is 3.86. The van der Waals surface area contributed by atoms with Crippen molar-refractivity contribution in [2.45, 2.75) is 12.5 Å². The van der Waals surface area contributed by atoms with E-state index in [0.29, 0.717) is 12.0 Å². The van der Waals surface area contributed by atoms with E-state index in [1.54, 1.807) is 0 Å². The van der Waals surface area contributed by atoms with Crippen LogP contribution in [-0.4, -0.2) is 0 Å². The van der Waals surface area contributed by atoms with E-state index in [1.165, 1.54) is 0 Å². The quantitative estimate of drug-likeness (QED) is 0.840. The summed E-state index contributed by atoms with van der Waals surface area (Å²) in [5, 5.41) is 0.150. The van der Waals surface area contributed by atoms with Gasteiger partial charge in [-0.3, -0.25) is 0 Å². The van der Waals surface area contributed by atoms with Crippen LogP contribution in [0.15, 0.2) is 42.5 Å². The molecule has 2 N–H and O–H groups in total. The fourth-order valence-electron chi connectivity index (χ4n) is 1.80. The van der Waals surface area contributed by atoms with Crippen LogP contribution in [0.4, 0.5) is 8.78 Å². The summed E-state index contributed by atoms with van der Waals surface area (Å²) in [6.45, 7) is 0. The lowest BCUT2D eigenvalue weighted by atomic mass is 9.99. The average molecular weight is 268 g/mol. The van der Waals surface area contributed by atoms with Gasteiger partial charge in [0, 0.05) is 11.1 Å². The van der Waals surface area contributed by atoms with Gasteiger partial charge in [-0.25, -0.2) is 8.78 Å². The molecule has 94 valence electrons. The van der Waals surface area contributed by atoms with Crippen molar-refractivity contribution in [2.24, 2.45) is 5.73 Å². The minimum absolute atomic E-state index is 0.150. The summed E-state index contributed by atoms with van der Waals surface area (Å²) in [7, 11) is 0. The van der Waals surface area contributed by atoms with Crippen LogP contribution in [0.2, 0.25) is 5.02 Å². The van der Waals surface area contributed by atoms with Crippen LogP contribution in [0.3, 0.4) is 0 Å². The Morgan fingerprint density at radius 1 is 1.06 bits per heavy atom. The van der Waals surface area contributed by atoms with Crippen molar-refractivity contribution in [1.29, 1.82) is 0 Å². The topological polar surface area (TPSA) is 26.0 Å². The van der Waals surface area contributed by atoms with Gasteiger partial charge in [-0.05, 0) is 29.7 Å². The molecule has 0 aromatic heterocycles. The fourth-order valence-corrected chi connectivity index (χ4v) is 2.09. The van der Waals surface area contributed by atoms with E-state index in [0.717, 1.165) is 17.7 Å². The summed E-state index contributed by atoms with van der Waals surface area (Å²) in [4.78, 5) is 0. The highest BCUT2D eigenvalue weighted by Crippen LogP contribution is 2.26. The zero-order chi connectivity index (χ0) is 13.1. The second kappa shape index (κ2) is 5.46. The molecule has 0 aliphatic carbocycles. The number of hydrogen-bond acceptors (Lipinski definition) is 1. The highest BCUT2D eigenvalue weighted by molar-refractivity contribution is 6.31. The highest BCUT2D eigenvalue weighted by atomic mass is 35.5. The van der Waals surface area contributed by atoms with Crippen molar-refractivity contribution < 1.29 is 8.78 Å². The molecule has 0 aliphatic rings. The molecule has 2 aromatic rings. The number of benzene rings is 2. The second-order valence-corrected chi connectivity index (χ2v) is 4.49. The molecule has 0 bridgehead atoms. The van der Waals surface area contributed by atoms with Gasteiger partial charge in [-0.2, -0.15) is 0 Å². The lowest BCUT2D eigenvalue weighted by Crippen LogP contribution is -2.14. The third-order valence-corrected chi connectivity index (χ3v) is 3.06. The number of nitrogens with two attached hydrogens (primary N) is 1. The second-order valence-electron chi connectivity index (χ2n) is 4.08. The van der Waals surface area contributed by atoms with Crippen molar-refractivity contribution in [1.82, 2.24) is 0 Å². The Morgan fingerprint density at radius 3 is 2.33 bits per heavy atom. The molecule has 0 spiro atoms. The van der Waals surface area contributed by atoms with E-state index in [4.69, 9.17) is 17.3 Å². The zero-order valence-corrected chi connectivity index (χ0v) is 10.3. The minimum atomic E-state index is -0.962. The maximum atomic E-state index is 13.2. The molecule has 4 heteroatoms. The molecule has 0 saturated carbocycles. The molecular formula is C14H12ClF2N. The van der Waals surface area contributed by atoms with E-state index >= 15 is 0 Å². The molecule has 1 unspecified atom stereocenters. The lowest BCUT2D eigenvalue weighted by molar-refractivity contribution is 0.505. The van der Waals surface area contributed by atoms with Gasteiger partial charge in [-0.1, -0.05) is 41.9 Å². The van der Waals surface area contributed by atoms with Crippen LogP contribution in [-0.2, 0) is 6.42 Å². The molecule has 2 rings (SSSR count). The molecule has 0 fully saturated rings. The normalized spacial score (nSPS) is 12.4. The first-order valence-corrected chi connectivity index (χ1v) is 5.89. The Kier molecular flexibility index (Phi) is 3.94. The molecule has 0 aliphatic heterocycles. The van der Waals surface area contributed by atoms with Crippen LogP contribution in [0.5, 0.6) is 0 Å². The first-order chi connectivity index (χ1) is 8.58. The van der Waals surface area contributed by atoms with Crippen molar-refractivity contribution in [3.05, 3.63) is 70.2 Å². The Labute approximate surface area is 109 Å². The summed E-state index contributed by atoms with van der Waals surface area (Å²) in [5.74, 6) is -1.89. The Balaban J connectivity index is 2.24. The van der Waals surface area contributed by atoms with Gasteiger partial charge in [-0.15, -0.1) is 0 Å². The van der Waals surface area contributed by atoms with Gasteiger partial charge in [0.25, 0.3) is 0 Å². The van der Waals surface area contributed by atoms with Gasteiger partial charge in [0.2, 0.25) is 0 Å². The fraction of sp³-hybridized carbons (Fsp3) is 0.143. The molecule has 2 aromatic carbocycles. The number of halogens is 3. The summed E-state index contributed by atoms with van der Waals surface area (Å²) in [6.07, 6.45) is 0.519. The first-order valence-electron chi connectivity index (χ1n) is 5.52. The van der Waals surface area contributed by atoms with Crippen molar-refractivity contribution >= 4 is 11.6 Å². The van der Waals surface area contributed by atoms with E-state index in [9.17, 15) is 8.78 Å². The van der Waals surface area contributed by atoms with E-state index in [1.807, 2.05) is 30.3 Å². The van der Waals surface area contributed by atoms with Gasteiger partial charge in [0.15, 0.2) is 11.6 Å². The van der Waals surface area contributed by atoms with Crippen LogP contribution in [0.1, 0.15) is 17.2 Å². The van der Waals surface area contributed by atoms with Crippen molar-refractivity contribution in [3.63, 3.8) is 0 Å². The van der Waals surface area contributed by atoms with Gasteiger partial charge < -0.3 is 5.73 Å². The molecule has 0 heterocycles. The molecule has 0 amide bonds. The highest BCUT2D eigenvalue weighted by Gasteiger charge is 2.14. The lowest BCUT2D eigenvalue weighted by Gasteiger charge is -2.14. The monoisotopic (exact) mass is 267 g/mol. The van der Waals surface area contributed by atoms with Crippen LogP contribution in [0, 0.1) is 11.6 Å². The molecule has 0 radical (unpaired) electrons. The third kappa shape index (κ3) is 2.86. The van der Waals surface area contributed by atoms with Crippen LogP contribution >= 0.6 is 11.6 Å². The van der Waals surface area contributed by atoms with E-state index < -0.39 is 17.7 Å². The SMILES string of the molecule is NC(Cc1ccccc1)c1cc(F)c(F)cc1Cl. The Hall–Kier alpha value is -1.45. The molecule has 1 nitrogen and oxygen atoms in total. The molecular weight excluding hydrogens is 256 g/mol. The standard InChI is InChI=1S/C14H12ClF2N/c15-11-8-13(17)12(16)7-10(11)14(18)6-9-4-2-1-3-5-9/h1-5,7-8,14H,6,18H2. The molecule has 18 heavy (non-hydrogen) atoms. The summed E-state index contributed by atoms with van der Waals surface area (Å²) in [6, 6.07) is 11.1. The summed E-state index contributed by atoms with van der Waals surface area (Å²) < 4.78 is 26.1. The third-order valence-electron chi connectivity index (χ3n) is 2.74. The number of rotatable bonds is 3. The van der Waals surface area contributed by atoms with Gasteiger partial charge in [0.05, 0.1) is 0 Å². The maximum Gasteiger partial charge on any atom is 0.160 e. The van der Waals surface area contributed by atoms with E-state index in [2.05, 4.69) is 0 Å². The van der Waals surface area contributed by atoms with Crippen LogP contribution < -0.4 is 5.73 Å². The molecule has 1 atom stereocenters. The average Bonchev–Trinajstić information content (AvgIpc) is 2.35. The van der Waals surface area contributed by atoms with E-state index in [-0.39, 0.29) is 5.02 Å². The summed E-state index contributed by atoms with van der Waals surface area (Å²) in [5.41, 5.74) is 7.41. The minimum Gasteiger partial charge on any atom is -0.324 e. The Morgan fingerprint density at radius 2 is 1.67 bits per heavy atom. The van der Waals surface area contributed by atoms with Crippen molar-refractivity contribution in [3.8, 4) is 0 Å². The van der Waals surface area contributed by atoms with Gasteiger partial charge >= 0.3 is 0 Å². The summed E-state index contributed by atoms with van der Waals surface area (Å²) >= 11 is 5.88. The largest absolute Gasteiger partial charge is 0.324 e. The zero-order valence-electron chi connectivity index (χ0n) is 9.54.